The van der Waals surface area contributed by atoms with Gasteiger partial charge in [0.2, 0.25) is 0 Å². The molecule has 1 N–H and O–H groups in total. The Kier molecular flexibility index (Phi) is 4.77. The lowest BCUT2D eigenvalue weighted by atomic mass is 10.2. The number of hydrogen-bond donors (Lipinski definition) is 1. The monoisotopic (exact) mass is 287 g/mol. The van der Waals surface area contributed by atoms with E-state index in [0.717, 1.165) is 5.75 Å². The van der Waals surface area contributed by atoms with Crippen LogP contribution >= 0.6 is 0 Å². The minimum atomic E-state index is -1.04. The number of hydrogen-bond acceptors (Lipinski definition) is 3. The SMILES string of the molecule is CC(=O)c1cc(C(=O)O)n(CCCOc2ccccc2)c1. The van der Waals surface area contributed by atoms with Crippen molar-refractivity contribution < 1.29 is 19.4 Å². The van der Waals surface area contributed by atoms with Gasteiger partial charge >= 0.3 is 5.97 Å². The zero-order valence-electron chi connectivity index (χ0n) is 11.8. The quantitative estimate of drug-likeness (QED) is 0.628. The fraction of sp³-hybridized carbons (Fsp3) is 0.250. The van der Waals surface area contributed by atoms with Gasteiger partial charge in [0.25, 0.3) is 0 Å². The Morgan fingerprint density at radius 3 is 2.57 bits per heavy atom. The van der Waals surface area contributed by atoms with Crippen LogP contribution in [0.15, 0.2) is 42.6 Å². The van der Waals surface area contributed by atoms with E-state index in [2.05, 4.69) is 0 Å². The highest BCUT2D eigenvalue weighted by molar-refractivity contribution is 5.97. The fourth-order valence-corrected chi connectivity index (χ4v) is 2.01. The highest BCUT2D eigenvalue weighted by atomic mass is 16.5. The smallest absolute Gasteiger partial charge is 0.352 e. The Labute approximate surface area is 122 Å². The van der Waals surface area contributed by atoms with E-state index in [1.54, 1.807) is 10.8 Å². The van der Waals surface area contributed by atoms with Gasteiger partial charge in [-0.2, -0.15) is 0 Å². The van der Waals surface area contributed by atoms with Crippen LogP contribution in [0.2, 0.25) is 0 Å². The molecule has 1 aromatic carbocycles. The Morgan fingerprint density at radius 2 is 1.95 bits per heavy atom. The molecule has 0 aliphatic rings. The number of rotatable bonds is 7. The number of carbonyl (C=O) groups excluding carboxylic acids is 1. The van der Waals surface area contributed by atoms with Crippen molar-refractivity contribution in [3.05, 3.63) is 53.9 Å². The average Bonchev–Trinajstić information content (AvgIpc) is 2.89. The number of carbonyl (C=O) groups is 2. The van der Waals surface area contributed by atoms with Gasteiger partial charge in [-0.15, -0.1) is 0 Å². The van der Waals surface area contributed by atoms with Crippen molar-refractivity contribution in [2.24, 2.45) is 0 Å². The summed E-state index contributed by atoms with van der Waals surface area (Å²) in [6, 6.07) is 10.8. The van der Waals surface area contributed by atoms with Gasteiger partial charge in [-0.3, -0.25) is 4.79 Å². The molecular formula is C16H17NO4. The summed E-state index contributed by atoms with van der Waals surface area (Å²) in [6.45, 7) is 2.39. The van der Waals surface area contributed by atoms with Crippen LogP contribution in [0.5, 0.6) is 5.75 Å². The van der Waals surface area contributed by atoms with Gasteiger partial charge in [-0.25, -0.2) is 4.79 Å². The van der Waals surface area contributed by atoms with Crippen molar-refractivity contribution in [2.75, 3.05) is 6.61 Å². The first kappa shape index (κ1) is 14.8. The Hall–Kier alpha value is -2.56. The molecule has 0 amide bonds. The van der Waals surface area contributed by atoms with E-state index in [1.807, 2.05) is 30.3 Å². The van der Waals surface area contributed by atoms with Crippen molar-refractivity contribution in [3.8, 4) is 5.75 Å². The second-order valence-electron chi connectivity index (χ2n) is 4.68. The van der Waals surface area contributed by atoms with E-state index in [-0.39, 0.29) is 11.5 Å². The third kappa shape index (κ3) is 3.95. The molecule has 21 heavy (non-hydrogen) atoms. The number of ether oxygens (including phenoxy) is 1. The largest absolute Gasteiger partial charge is 0.494 e. The number of benzene rings is 1. The molecule has 0 saturated carbocycles. The van der Waals surface area contributed by atoms with E-state index in [0.29, 0.717) is 25.1 Å². The summed E-state index contributed by atoms with van der Waals surface area (Å²) in [5.74, 6) is -0.392. The summed E-state index contributed by atoms with van der Waals surface area (Å²) < 4.78 is 7.13. The molecule has 0 radical (unpaired) electrons. The van der Waals surface area contributed by atoms with Crippen molar-refractivity contribution in [1.29, 1.82) is 0 Å². The van der Waals surface area contributed by atoms with Crippen LogP contribution in [0, 0.1) is 0 Å². The number of aryl methyl sites for hydroxylation is 1. The fourth-order valence-electron chi connectivity index (χ4n) is 2.01. The highest BCUT2D eigenvalue weighted by Gasteiger charge is 2.14. The molecule has 5 heteroatoms. The van der Waals surface area contributed by atoms with Crippen LogP contribution in [0.25, 0.3) is 0 Å². The van der Waals surface area contributed by atoms with E-state index >= 15 is 0 Å². The number of ketones is 1. The lowest BCUT2D eigenvalue weighted by Gasteiger charge is -2.08. The number of aromatic carboxylic acids is 1. The summed E-state index contributed by atoms with van der Waals surface area (Å²) in [5.41, 5.74) is 0.538. The maximum atomic E-state index is 11.3. The molecule has 0 aliphatic carbocycles. The predicted molar refractivity (Wildman–Crippen MR) is 77.9 cm³/mol. The molecule has 5 nitrogen and oxygen atoms in total. The second kappa shape index (κ2) is 6.74. The molecule has 1 aromatic heterocycles. The molecule has 0 bridgehead atoms. The molecule has 1 heterocycles. The maximum Gasteiger partial charge on any atom is 0.352 e. The third-order valence-corrected chi connectivity index (χ3v) is 3.08. The third-order valence-electron chi connectivity index (χ3n) is 3.08. The maximum absolute atomic E-state index is 11.3. The second-order valence-corrected chi connectivity index (χ2v) is 4.68. The molecule has 0 atom stereocenters. The number of Topliss-reactive ketones (excluding diaryl/α,β-unsaturated/α-hetero) is 1. The van der Waals surface area contributed by atoms with E-state index in [9.17, 15) is 9.59 Å². The van der Waals surface area contributed by atoms with Crippen molar-refractivity contribution in [2.45, 2.75) is 19.9 Å². The summed E-state index contributed by atoms with van der Waals surface area (Å²) in [6.07, 6.45) is 2.23. The van der Waals surface area contributed by atoms with Crippen LogP contribution in [0.4, 0.5) is 0 Å². The van der Waals surface area contributed by atoms with Crippen molar-refractivity contribution >= 4 is 11.8 Å². The minimum Gasteiger partial charge on any atom is -0.494 e. The van der Waals surface area contributed by atoms with Gasteiger partial charge in [0.05, 0.1) is 6.61 Å². The summed E-state index contributed by atoms with van der Waals surface area (Å²) in [7, 11) is 0. The van der Waals surface area contributed by atoms with Crippen LogP contribution in [-0.4, -0.2) is 28.0 Å². The topological polar surface area (TPSA) is 68.5 Å². The Bertz CT molecular complexity index is 631. The van der Waals surface area contributed by atoms with Crippen LogP contribution in [0.3, 0.4) is 0 Å². The number of nitrogens with zero attached hydrogens (tertiary/aromatic N) is 1. The van der Waals surface area contributed by atoms with Crippen LogP contribution in [0.1, 0.15) is 34.2 Å². The number of carboxylic acid groups (broad SMARTS) is 1. The van der Waals surface area contributed by atoms with Gasteiger partial charge in [-0.1, -0.05) is 18.2 Å². The summed E-state index contributed by atoms with van der Waals surface area (Å²) in [4.78, 5) is 22.5. The van der Waals surface area contributed by atoms with E-state index in [1.165, 1.54) is 13.0 Å². The molecule has 110 valence electrons. The predicted octanol–water partition coefficient (Wildman–Crippen LogP) is 2.86. The average molecular weight is 287 g/mol. The molecule has 2 aromatic rings. The number of aromatic nitrogens is 1. The molecule has 2 rings (SSSR count). The first-order valence-electron chi connectivity index (χ1n) is 6.70. The summed E-state index contributed by atoms with van der Waals surface area (Å²) in [5, 5.41) is 9.13. The van der Waals surface area contributed by atoms with E-state index in [4.69, 9.17) is 9.84 Å². The van der Waals surface area contributed by atoms with Gasteiger partial charge in [0, 0.05) is 18.3 Å². The lowest BCUT2D eigenvalue weighted by molar-refractivity contribution is 0.0684. The zero-order chi connectivity index (χ0) is 15.2. The van der Waals surface area contributed by atoms with Gasteiger partial charge in [0.1, 0.15) is 11.4 Å². The molecule has 0 spiro atoms. The Morgan fingerprint density at radius 1 is 1.24 bits per heavy atom. The Balaban J connectivity index is 1.93. The van der Waals surface area contributed by atoms with Gasteiger partial charge in [0.15, 0.2) is 5.78 Å². The van der Waals surface area contributed by atoms with Crippen LogP contribution < -0.4 is 4.74 Å². The number of para-hydroxylation sites is 1. The minimum absolute atomic E-state index is 0.125. The van der Waals surface area contributed by atoms with Gasteiger partial charge < -0.3 is 14.4 Å². The first-order valence-corrected chi connectivity index (χ1v) is 6.70. The normalized spacial score (nSPS) is 10.3. The lowest BCUT2D eigenvalue weighted by Crippen LogP contribution is -2.10. The summed E-state index contributed by atoms with van der Waals surface area (Å²) >= 11 is 0. The molecular weight excluding hydrogens is 270 g/mol. The first-order chi connectivity index (χ1) is 10.1. The molecule has 0 saturated heterocycles. The zero-order valence-corrected chi connectivity index (χ0v) is 11.8. The highest BCUT2D eigenvalue weighted by Crippen LogP contribution is 2.12. The standard InChI is InChI=1S/C16H17NO4/c1-12(18)13-10-15(16(19)20)17(11-13)8-5-9-21-14-6-3-2-4-7-14/h2-4,6-7,10-11H,5,8-9H2,1H3,(H,19,20). The number of carboxylic acids is 1. The van der Waals surface area contributed by atoms with Gasteiger partial charge in [-0.05, 0) is 31.5 Å². The van der Waals surface area contributed by atoms with E-state index < -0.39 is 5.97 Å². The van der Waals surface area contributed by atoms with Crippen LogP contribution in [-0.2, 0) is 6.54 Å². The van der Waals surface area contributed by atoms with Crippen molar-refractivity contribution in [3.63, 3.8) is 0 Å². The molecule has 0 unspecified atom stereocenters. The van der Waals surface area contributed by atoms with Crippen molar-refractivity contribution in [1.82, 2.24) is 4.57 Å². The molecule has 0 fully saturated rings. The molecule has 0 aliphatic heterocycles.